The number of phenols is 2. The van der Waals surface area contributed by atoms with Crippen LogP contribution in [0.1, 0.15) is 41.8 Å². The van der Waals surface area contributed by atoms with Gasteiger partial charge in [-0.25, -0.2) is 4.79 Å². The highest BCUT2D eigenvalue weighted by Gasteiger charge is 2.55. The molecular formula is C18H16O7. The Balaban J connectivity index is 2.33. The summed E-state index contributed by atoms with van der Waals surface area (Å²) >= 11 is 0. The summed E-state index contributed by atoms with van der Waals surface area (Å²) in [6, 6.07) is 0. The number of carboxylic acid groups (broad SMARTS) is 1. The van der Waals surface area contributed by atoms with E-state index in [1.54, 1.807) is 0 Å². The van der Waals surface area contributed by atoms with Crippen LogP contribution in [-0.4, -0.2) is 38.5 Å². The van der Waals surface area contributed by atoms with Crippen LogP contribution in [0.5, 0.6) is 17.2 Å². The van der Waals surface area contributed by atoms with Gasteiger partial charge in [-0.05, 0) is 26.3 Å². The van der Waals surface area contributed by atoms with Gasteiger partial charge in [-0.3, -0.25) is 9.59 Å². The lowest BCUT2D eigenvalue weighted by Gasteiger charge is -2.26. The Kier molecular flexibility index (Phi) is 3.32. The van der Waals surface area contributed by atoms with Crippen LogP contribution in [-0.2, 0) is 9.59 Å². The predicted octanol–water partition coefficient (Wildman–Crippen LogP) is 2.13. The summed E-state index contributed by atoms with van der Waals surface area (Å²) in [6.45, 7) is 7.99. The highest BCUT2D eigenvalue weighted by atomic mass is 16.5. The molecule has 1 atom stereocenters. The molecule has 1 heterocycles. The molecule has 0 fully saturated rings. The van der Waals surface area contributed by atoms with E-state index in [9.17, 15) is 29.7 Å². The maximum absolute atomic E-state index is 12.2. The molecule has 1 aliphatic carbocycles. The van der Waals surface area contributed by atoms with Crippen molar-refractivity contribution in [3.63, 3.8) is 0 Å². The van der Waals surface area contributed by atoms with Crippen LogP contribution in [0.15, 0.2) is 17.7 Å². The number of hydrogen-bond donors (Lipinski definition) is 3. The molecule has 1 aromatic carbocycles. The van der Waals surface area contributed by atoms with Crippen molar-refractivity contribution in [1.82, 2.24) is 0 Å². The van der Waals surface area contributed by atoms with Crippen molar-refractivity contribution in [2.45, 2.75) is 32.8 Å². The van der Waals surface area contributed by atoms with E-state index in [0.717, 1.165) is 0 Å². The molecule has 1 aromatic rings. The molecule has 0 saturated heterocycles. The summed E-state index contributed by atoms with van der Waals surface area (Å²) < 4.78 is 5.86. The zero-order valence-corrected chi connectivity index (χ0v) is 13.9. The quantitative estimate of drug-likeness (QED) is 0.555. The van der Waals surface area contributed by atoms with Crippen LogP contribution in [0, 0.1) is 6.92 Å². The second kappa shape index (κ2) is 4.95. The first-order chi connectivity index (χ1) is 11.5. The molecule has 3 N–H and O–H groups in total. The van der Waals surface area contributed by atoms with Gasteiger partial charge in [0.15, 0.2) is 17.2 Å². The van der Waals surface area contributed by atoms with Crippen LogP contribution < -0.4 is 4.74 Å². The first kappa shape index (κ1) is 16.8. The molecule has 0 bridgehead atoms. The Morgan fingerprint density at radius 1 is 1.20 bits per heavy atom. The lowest BCUT2D eigenvalue weighted by molar-refractivity contribution is -0.134. The number of ketones is 2. The molecule has 7 heteroatoms. The molecule has 1 spiro atoms. The molecule has 7 nitrogen and oxygen atoms in total. The normalized spacial score (nSPS) is 21.7. The van der Waals surface area contributed by atoms with Crippen molar-refractivity contribution in [3.05, 3.63) is 34.4 Å². The van der Waals surface area contributed by atoms with Gasteiger partial charge < -0.3 is 20.1 Å². The number of aliphatic carboxylic acids is 1. The van der Waals surface area contributed by atoms with Gasteiger partial charge in [0, 0.05) is 11.1 Å². The third-order valence-electron chi connectivity index (χ3n) is 4.94. The summed E-state index contributed by atoms with van der Waals surface area (Å²) in [5.41, 5.74) is -1.47. The number of Topliss-reactive ketones (excluding diaryl/α,β-unsaturated/α-hetero) is 2. The standard InChI is InChI=1S/C18H16O7/c1-6-14(21)12-8(3)18(5-10(20)11(7(18)2)17(23)24)25-16(12)13(9(4)19)15(6)22/h21-22H,3,5H2,1-2,4H3,(H,23,24). The number of carboxylic acids is 1. The van der Waals surface area contributed by atoms with Crippen molar-refractivity contribution in [2.24, 2.45) is 0 Å². The summed E-state index contributed by atoms with van der Waals surface area (Å²) in [7, 11) is 0. The van der Waals surface area contributed by atoms with Gasteiger partial charge in [0.2, 0.25) is 0 Å². The number of carbonyl (C=O) groups excluding carboxylic acids is 2. The molecule has 2 aliphatic rings. The fourth-order valence-electron chi connectivity index (χ4n) is 3.56. The molecular weight excluding hydrogens is 328 g/mol. The molecule has 130 valence electrons. The Morgan fingerprint density at radius 2 is 1.80 bits per heavy atom. The third-order valence-corrected chi connectivity index (χ3v) is 4.94. The van der Waals surface area contributed by atoms with Gasteiger partial charge in [-0.2, -0.15) is 0 Å². The SMILES string of the molecule is C=C1c2c(O)c(C)c(O)c(C(C)=O)c2OC12CC(=O)C(C(=O)O)=C2C. The molecule has 0 saturated carbocycles. The van der Waals surface area contributed by atoms with Crippen molar-refractivity contribution in [1.29, 1.82) is 0 Å². The van der Waals surface area contributed by atoms with E-state index in [0.29, 0.717) is 0 Å². The zero-order valence-electron chi connectivity index (χ0n) is 13.9. The molecule has 0 radical (unpaired) electrons. The number of ether oxygens (including phenoxy) is 1. The van der Waals surface area contributed by atoms with E-state index in [2.05, 4.69) is 6.58 Å². The second-order valence-electron chi connectivity index (χ2n) is 6.27. The number of phenolic OH excluding ortho intramolecular Hbond substituents is 2. The number of carbonyl (C=O) groups is 3. The Morgan fingerprint density at radius 3 is 2.28 bits per heavy atom. The molecule has 0 aromatic heterocycles. The van der Waals surface area contributed by atoms with Gasteiger partial charge >= 0.3 is 5.97 Å². The summed E-state index contributed by atoms with van der Waals surface area (Å²) in [5.74, 6) is -3.31. The second-order valence-corrected chi connectivity index (χ2v) is 6.27. The average Bonchev–Trinajstić information content (AvgIpc) is 2.92. The number of hydrogen-bond acceptors (Lipinski definition) is 6. The smallest absolute Gasteiger partial charge is 0.339 e. The minimum Gasteiger partial charge on any atom is -0.507 e. The lowest BCUT2D eigenvalue weighted by atomic mass is 9.84. The topological polar surface area (TPSA) is 121 Å². The highest BCUT2D eigenvalue weighted by Crippen LogP contribution is 2.58. The van der Waals surface area contributed by atoms with Crippen molar-refractivity contribution >= 4 is 23.1 Å². The largest absolute Gasteiger partial charge is 0.507 e. The van der Waals surface area contributed by atoms with Crippen LogP contribution in [0.4, 0.5) is 0 Å². The van der Waals surface area contributed by atoms with Crippen molar-refractivity contribution in [2.75, 3.05) is 0 Å². The van der Waals surface area contributed by atoms with E-state index < -0.39 is 34.5 Å². The minimum atomic E-state index is -1.48. The Bertz CT molecular complexity index is 935. The highest BCUT2D eigenvalue weighted by molar-refractivity contribution is 6.21. The van der Waals surface area contributed by atoms with E-state index in [-0.39, 0.29) is 45.8 Å². The van der Waals surface area contributed by atoms with E-state index in [1.807, 2.05) is 0 Å². The van der Waals surface area contributed by atoms with Gasteiger partial charge in [-0.1, -0.05) is 6.58 Å². The van der Waals surface area contributed by atoms with Crippen LogP contribution in [0.3, 0.4) is 0 Å². The maximum atomic E-state index is 12.2. The fraction of sp³-hybridized carbons (Fsp3) is 0.278. The monoisotopic (exact) mass is 344 g/mol. The predicted molar refractivity (Wildman–Crippen MR) is 86.9 cm³/mol. The fourth-order valence-corrected chi connectivity index (χ4v) is 3.56. The van der Waals surface area contributed by atoms with Gasteiger partial charge in [-0.15, -0.1) is 0 Å². The third kappa shape index (κ3) is 1.89. The molecule has 1 aliphatic heterocycles. The first-order valence-electron chi connectivity index (χ1n) is 7.50. The van der Waals surface area contributed by atoms with Crippen molar-refractivity contribution in [3.8, 4) is 17.2 Å². The number of aromatic hydroxyl groups is 2. The molecule has 25 heavy (non-hydrogen) atoms. The zero-order chi connectivity index (χ0) is 18.8. The van der Waals surface area contributed by atoms with Crippen LogP contribution >= 0.6 is 0 Å². The summed E-state index contributed by atoms with van der Waals surface area (Å²) in [6.07, 6.45) is -0.301. The number of benzene rings is 1. The summed E-state index contributed by atoms with van der Waals surface area (Å²) in [5, 5.41) is 29.9. The van der Waals surface area contributed by atoms with Crippen LogP contribution in [0.2, 0.25) is 0 Å². The number of fused-ring (bicyclic) bond motifs is 1. The van der Waals surface area contributed by atoms with E-state index in [4.69, 9.17) is 4.74 Å². The average molecular weight is 344 g/mol. The molecule has 1 unspecified atom stereocenters. The Labute approximate surface area is 142 Å². The Hall–Kier alpha value is -3.09. The first-order valence-corrected chi connectivity index (χ1v) is 7.50. The van der Waals surface area contributed by atoms with Gasteiger partial charge in [0.05, 0.1) is 12.0 Å². The number of rotatable bonds is 2. The molecule has 0 amide bonds. The van der Waals surface area contributed by atoms with Crippen LogP contribution in [0.25, 0.3) is 5.57 Å². The lowest BCUT2D eigenvalue weighted by Crippen LogP contribution is -2.32. The van der Waals surface area contributed by atoms with E-state index >= 15 is 0 Å². The van der Waals surface area contributed by atoms with Crippen molar-refractivity contribution < 1.29 is 34.4 Å². The van der Waals surface area contributed by atoms with E-state index in [1.165, 1.54) is 20.8 Å². The maximum Gasteiger partial charge on any atom is 0.339 e. The van der Waals surface area contributed by atoms with Gasteiger partial charge in [0.1, 0.15) is 28.4 Å². The molecule has 3 rings (SSSR count). The summed E-state index contributed by atoms with van der Waals surface area (Å²) in [4.78, 5) is 35.6. The minimum absolute atomic E-state index is 0.0789. The van der Waals surface area contributed by atoms with Gasteiger partial charge in [0.25, 0.3) is 0 Å².